The number of carbonyl (C=O) groups is 2. The van der Waals surface area contributed by atoms with Crippen molar-refractivity contribution < 1.29 is 28.5 Å². The van der Waals surface area contributed by atoms with Crippen molar-refractivity contribution in [3.8, 4) is 17.2 Å². The van der Waals surface area contributed by atoms with Gasteiger partial charge in [-0.2, -0.15) is 0 Å². The lowest BCUT2D eigenvalue weighted by Gasteiger charge is -2.37. The number of para-hydroxylation sites is 1. The average molecular weight is 608 g/mol. The van der Waals surface area contributed by atoms with Crippen molar-refractivity contribution in [2.75, 3.05) is 14.2 Å². The van der Waals surface area contributed by atoms with E-state index in [2.05, 4.69) is 0 Å². The van der Waals surface area contributed by atoms with E-state index < -0.39 is 11.8 Å². The predicted octanol–water partition coefficient (Wildman–Crippen LogP) is 7.73. The summed E-state index contributed by atoms with van der Waals surface area (Å²) >= 11 is 0. The molecule has 1 saturated carbocycles. The fourth-order valence-electron chi connectivity index (χ4n) is 7.07. The Labute approximate surface area is 265 Å². The predicted molar refractivity (Wildman–Crippen MR) is 173 cm³/mol. The zero-order chi connectivity index (χ0) is 31.3. The number of benzene rings is 3. The summed E-state index contributed by atoms with van der Waals surface area (Å²) in [6.07, 6.45) is 5.79. The average Bonchev–Trinajstić information content (AvgIpc) is 3.07. The van der Waals surface area contributed by atoms with Gasteiger partial charge in [0, 0.05) is 34.9 Å². The van der Waals surface area contributed by atoms with Crippen LogP contribution in [-0.4, -0.2) is 37.8 Å². The minimum atomic E-state index is -0.714. The van der Waals surface area contributed by atoms with Gasteiger partial charge in [-0.3, -0.25) is 14.6 Å². The number of hydrogen-bond donors (Lipinski definition) is 0. The fraction of sp³-hybridized carbons (Fsp3) is 0.395. The van der Waals surface area contributed by atoms with Gasteiger partial charge in [-0.15, -0.1) is 0 Å². The molecule has 0 N–H and O–H groups in total. The minimum Gasteiger partial charge on any atom is -0.493 e. The second-order valence-corrected chi connectivity index (χ2v) is 12.2. The summed E-state index contributed by atoms with van der Waals surface area (Å²) in [5.41, 5.74) is 4.82. The topological polar surface area (TPSA) is 83.4 Å². The van der Waals surface area contributed by atoms with Gasteiger partial charge >= 0.3 is 5.97 Å². The zero-order valence-electron chi connectivity index (χ0n) is 26.3. The fourth-order valence-corrected chi connectivity index (χ4v) is 7.07. The Morgan fingerprint density at radius 2 is 1.58 bits per heavy atom. The van der Waals surface area contributed by atoms with Gasteiger partial charge < -0.3 is 18.9 Å². The molecule has 3 aromatic rings. The molecule has 7 nitrogen and oxygen atoms in total. The first-order chi connectivity index (χ1) is 22.0. The second-order valence-electron chi connectivity index (χ2n) is 12.2. The van der Waals surface area contributed by atoms with Crippen LogP contribution in [0.4, 0.5) is 0 Å². The van der Waals surface area contributed by atoms with E-state index in [1.165, 1.54) is 6.42 Å². The Hall–Kier alpha value is -4.39. The van der Waals surface area contributed by atoms with Gasteiger partial charge in [-0.25, -0.2) is 0 Å². The van der Waals surface area contributed by atoms with E-state index in [1.54, 1.807) is 14.2 Å². The molecule has 45 heavy (non-hydrogen) atoms. The molecule has 1 unspecified atom stereocenters. The molecule has 1 fully saturated rings. The van der Waals surface area contributed by atoms with Gasteiger partial charge in [-0.05, 0) is 74.3 Å². The molecule has 0 spiro atoms. The van der Waals surface area contributed by atoms with Gasteiger partial charge in [0.1, 0.15) is 24.4 Å². The summed E-state index contributed by atoms with van der Waals surface area (Å²) in [4.78, 5) is 33.3. The van der Waals surface area contributed by atoms with E-state index in [0.717, 1.165) is 48.1 Å². The summed E-state index contributed by atoms with van der Waals surface area (Å²) in [6.45, 7) is 2.26. The summed E-state index contributed by atoms with van der Waals surface area (Å²) in [7, 11) is 3.22. The summed E-state index contributed by atoms with van der Waals surface area (Å²) < 4.78 is 23.5. The maximum atomic E-state index is 14.3. The highest BCUT2D eigenvalue weighted by Gasteiger charge is 2.46. The molecule has 0 saturated heterocycles. The van der Waals surface area contributed by atoms with Gasteiger partial charge in [0.05, 0.1) is 14.2 Å². The third kappa shape index (κ3) is 6.53. The lowest BCUT2D eigenvalue weighted by Crippen LogP contribution is -2.39. The van der Waals surface area contributed by atoms with Crippen molar-refractivity contribution in [3.05, 3.63) is 101 Å². The molecule has 234 valence electrons. The van der Waals surface area contributed by atoms with Crippen molar-refractivity contribution in [2.24, 2.45) is 10.9 Å². The van der Waals surface area contributed by atoms with Gasteiger partial charge in [-0.1, -0.05) is 61.0 Å². The third-order valence-corrected chi connectivity index (χ3v) is 9.35. The number of rotatable bonds is 9. The summed E-state index contributed by atoms with van der Waals surface area (Å²) in [5, 5.41) is 0. The Kier molecular flexibility index (Phi) is 9.34. The smallest absolute Gasteiger partial charge is 0.315 e. The van der Waals surface area contributed by atoms with Crippen LogP contribution < -0.4 is 14.2 Å². The van der Waals surface area contributed by atoms with E-state index >= 15 is 0 Å². The van der Waals surface area contributed by atoms with Gasteiger partial charge in [0.25, 0.3) is 0 Å². The van der Waals surface area contributed by atoms with Crippen LogP contribution in [0.2, 0.25) is 0 Å². The minimum absolute atomic E-state index is 0.00869. The molecule has 3 aromatic carbocycles. The van der Waals surface area contributed by atoms with Crippen molar-refractivity contribution in [3.63, 3.8) is 0 Å². The van der Waals surface area contributed by atoms with Crippen LogP contribution in [0.3, 0.4) is 0 Å². The first-order valence-corrected chi connectivity index (χ1v) is 16.0. The summed E-state index contributed by atoms with van der Waals surface area (Å²) in [6, 6.07) is 23.5. The van der Waals surface area contributed by atoms with E-state index in [-0.39, 0.29) is 23.8 Å². The Balaban J connectivity index is 1.38. The van der Waals surface area contributed by atoms with Crippen LogP contribution >= 0.6 is 0 Å². The van der Waals surface area contributed by atoms with E-state index in [0.29, 0.717) is 48.0 Å². The maximum Gasteiger partial charge on any atom is 0.315 e. The third-order valence-electron chi connectivity index (χ3n) is 9.35. The highest BCUT2D eigenvalue weighted by Crippen LogP contribution is 2.49. The number of nitrogens with zero attached hydrogens (tertiary/aromatic N) is 1. The second kappa shape index (κ2) is 13.7. The number of Topliss-reactive ketones (excluding diaryl/α,β-unsaturated/α-hetero) is 1. The van der Waals surface area contributed by atoms with Crippen LogP contribution in [0.1, 0.15) is 80.4 Å². The van der Waals surface area contributed by atoms with E-state index in [1.807, 2.05) is 79.7 Å². The summed E-state index contributed by atoms with van der Waals surface area (Å²) in [5.74, 6) is 0.243. The molecule has 0 bridgehead atoms. The van der Waals surface area contributed by atoms with Crippen molar-refractivity contribution >= 4 is 17.5 Å². The van der Waals surface area contributed by atoms with Crippen LogP contribution in [0, 0.1) is 5.92 Å². The quantitative estimate of drug-likeness (QED) is 0.232. The number of allylic oxidation sites excluding steroid dienone is 2. The monoisotopic (exact) mass is 607 g/mol. The van der Waals surface area contributed by atoms with Gasteiger partial charge in [0.15, 0.2) is 17.3 Å². The number of ether oxygens (including phenoxy) is 4. The Morgan fingerprint density at radius 3 is 2.33 bits per heavy atom. The van der Waals surface area contributed by atoms with Crippen LogP contribution in [0.15, 0.2) is 89.1 Å². The molecule has 0 radical (unpaired) electrons. The van der Waals surface area contributed by atoms with Crippen molar-refractivity contribution in [2.45, 2.75) is 76.4 Å². The molecule has 2 aliphatic carbocycles. The maximum absolute atomic E-state index is 14.3. The first-order valence-electron chi connectivity index (χ1n) is 16.0. The Morgan fingerprint density at radius 1 is 0.844 bits per heavy atom. The molecule has 1 heterocycles. The number of aliphatic imine (C=N–C) groups is 1. The van der Waals surface area contributed by atoms with Crippen molar-refractivity contribution in [1.82, 2.24) is 0 Å². The molecular formula is C38H41NO6. The highest BCUT2D eigenvalue weighted by atomic mass is 16.5. The van der Waals surface area contributed by atoms with E-state index in [4.69, 9.17) is 23.9 Å². The standard InChI is InChI=1S/C38H41NO6/c1-24-35(38(41)45-28-14-8-5-9-15-28)36(29-16-10-11-17-32(29)44-23-25-12-6-4-7-13-25)37-30(39-24)20-27(21-31(37)40)26-18-19-33(42-2)34(22-26)43-3/h4,6-7,10-13,16-19,22,27-28,35-36H,5,8-9,14-15,20-21,23H2,1-3H3/t27-,35?,36+/m0/s1. The van der Waals surface area contributed by atoms with Gasteiger partial charge in [0.2, 0.25) is 0 Å². The first kappa shape index (κ1) is 30.6. The molecular weight excluding hydrogens is 566 g/mol. The molecule has 1 aliphatic heterocycles. The molecule has 3 atom stereocenters. The van der Waals surface area contributed by atoms with Crippen molar-refractivity contribution in [1.29, 1.82) is 0 Å². The molecule has 7 heteroatoms. The highest BCUT2D eigenvalue weighted by molar-refractivity contribution is 6.09. The van der Waals surface area contributed by atoms with Crippen LogP contribution in [0.25, 0.3) is 0 Å². The number of esters is 1. The van der Waals surface area contributed by atoms with E-state index in [9.17, 15) is 9.59 Å². The number of carbonyl (C=O) groups excluding carboxylic acids is 2. The zero-order valence-corrected chi connectivity index (χ0v) is 26.3. The number of hydrogen-bond acceptors (Lipinski definition) is 7. The molecule has 0 aromatic heterocycles. The lowest BCUT2D eigenvalue weighted by molar-refractivity contribution is -0.153. The molecule has 6 rings (SSSR count). The largest absolute Gasteiger partial charge is 0.493 e. The SMILES string of the molecule is COc1ccc([C@@H]2CC(=O)C3=C(C2)N=C(C)C(C(=O)OC2CCCCC2)[C@H]3c2ccccc2OCc2ccccc2)cc1OC. The number of methoxy groups -OCH3 is 2. The van der Waals surface area contributed by atoms with Crippen LogP contribution in [-0.2, 0) is 20.9 Å². The lowest BCUT2D eigenvalue weighted by atomic mass is 9.69. The normalized spacial score (nSPS) is 21.9. The number of ketones is 1. The Bertz CT molecular complexity index is 1600. The molecule has 0 amide bonds. The molecule has 3 aliphatic rings. The van der Waals surface area contributed by atoms with Crippen LogP contribution in [0.5, 0.6) is 17.2 Å².